The van der Waals surface area contributed by atoms with Gasteiger partial charge in [-0.25, -0.2) is 0 Å². The third-order valence-corrected chi connectivity index (χ3v) is 3.91. The van der Waals surface area contributed by atoms with Crippen molar-refractivity contribution in [2.45, 2.75) is 11.8 Å². The van der Waals surface area contributed by atoms with Crippen molar-refractivity contribution in [2.75, 3.05) is 23.9 Å². The summed E-state index contributed by atoms with van der Waals surface area (Å²) < 4.78 is 0. The van der Waals surface area contributed by atoms with Gasteiger partial charge >= 0.3 is 0 Å². The first kappa shape index (κ1) is 14.5. The first-order chi connectivity index (χ1) is 9.65. The van der Waals surface area contributed by atoms with Gasteiger partial charge in [0.05, 0.1) is 5.69 Å². The van der Waals surface area contributed by atoms with Gasteiger partial charge in [-0.15, -0.1) is 11.8 Å². The Balaban J connectivity index is 2.22. The summed E-state index contributed by atoms with van der Waals surface area (Å²) in [6.07, 6.45) is 2.00. The quantitative estimate of drug-likeness (QED) is 0.834. The van der Waals surface area contributed by atoms with Crippen LogP contribution in [0, 0.1) is 6.92 Å². The summed E-state index contributed by atoms with van der Waals surface area (Å²) in [5.74, 6) is -0.0859. The number of aryl methyl sites for hydroxylation is 1. The molecule has 2 rings (SSSR count). The van der Waals surface area contributed by atoms with Gasteiger partial charge in [-0.3, -0.25) is 4.79 Å². The van der Waals surface area contributed by atoms with Crippen LogP contribution < -0.4 is 10.6 Å². The van der Waals surface area contributed by atoms with Crippen LogP contribution in [0.2, 0.25) is 0 Å². The van der Waals surface area contributed by atoms with E-state index in [0.29, 0.717) is 5.56 Å². The van der Waals surface area contributed by atoms with Crippen molar-refractivity contribution < 1.29 is 4.79 Å². The molecule has 0 atom stereocenters. The van der Waals surface area contributed by atoms with Gasteiger partial charge in [-0.05, 0) is 49.1 Å². The third kappa shape index (κ3) is 3.14. The van der Waals surface area contributed by atoms with Crippen LogP contribution in [0.25, 0.3) is 0 Å². The lowest BCUT2D eigenvalue weighted by Gasteiger charge is -2.11. The molecule has 2 N–H and O–H groups in total. The van der Waals surface area contributed by atoms with Crippen LogP contribution >= 0.6 is 11.8 Å². The van der Waals surface area contributed by atoms with Gasteiger partial charge in [0.15, 0.2) is 0 Å². The molecule has 0 fully saturated rings. The van der Waals surface area contributed by atoms with Crippen molar-refractivity contribution in [3.63, 3.8) is 0 Å². The monoisotopic (exact) mass is 286 g/mol. The summed E-state index contributed by atoms with van der Waals surface area (Å²) in [6, 6.07) is 13.4. The van der Waals surface area contributed by atoms with Gasteiger partial charge in [-0.2, -0.15) is 0 Å². The maximum Gasteiger partial charge on any atom is 0.255 e. The molecule has 0 heterocycles. The molecule has 0 saturated carbocycles. The standard InChI is InChI=1S/C16H18N2OS/c1-11-10-12(8-9-13(11)17-2)16(19)18-14-6-4-5-7-15(14)20-3/h4-10,17H,1-3H3,(H,18,19). The van der Waals surface area contributed by atoms with Crippen molar-refractivity contribution in [1.82, 2.24) is 0 Å². The lowest BCUT2D eigenvalue weighted by molar-refractivity contribution is 0.102. The molecule has 3 nitrogen and oxygen atoms in total. The highest BCUT2D eigenvalue weighted by Gasteiger charge is 2.09. The third-order valence-electron chi connectivity index (χ3n) is 3.11. The van der Waals surface area contributed by atoms with Gasteiger partial charge in [-0.1, -0.05) is 12.1 Å². The molecule has 1 amide bonds. The summed E-state index contributed by atoms with van der Waals surface area (Å²) >= 11 is 1.62. The second-order valence-corrected chi connectivity index (χ2v) is 5.28. The van der Waals surface area contributed by atoms with E-state index in [1.165, 1.54) is 0 Å². The maximum atomic E-state index is 12.3. The number of hydrogen-bond acceptors (Lipinski definition) is 3. The van der Waals surface area contributed by atoms with E-state index in [9.17, 15) is 4.79 Å². The van der Waals surface area contributed by atoms with Crippen LogP contribution in [-0.4, -0.2) is 19.2 Å². The Hall–Kier alpha value is -1.94. The Morgan fingerprint density at radius 2 is 1.85 bits per heavy atom. The number of nitrogens with one attached hydrogen (secondary N) is 2. The molecular formula is C16H18N2OS. The molecule has 2 aromatic carbocycles. The summed E-state index contributed by atoms with van der Waals surface area (Å²) in [5.41, 5.74) is 3.60. The van der Waals surface area contributed by atoms with Crippen LogP contribution in [-0.2, 0) is 0 Å². The minimum atomic E-state index is -0.0859. The van der Waals surface area contributed by atoms with E-state index in [2.05, 4.69) is 10.6 Å². The van der Waals surface area contributed by atoms with Gasteiger partial charge in [0, 0.05) is 23.2 Å². The maximum absolute atomic E-state index is 12.3. The number of amides is 1. The Bertz CT molecular complexity index is 626. The molecule has 0 saturated heterocycles. The molecule has 0 radical (unpaired) electrons. The molecule has 0 bridgehead atoms. The number of thioether (sulfide) groups is 1. The number of hydrogen-bond donors (Lipinski definition) is 2. The number of para-hydroxylation sites is 1. The smallest absolute Gasteiger partial charge is 0.255 e. The van der Waals surface area contributed by atoms with Crippen molar-refractivity contribution >= 4 is 29.0 Å². The largest absolute Gasteiger partial charge is 0.388 e. The molecule has 104 valence electrons. The average molecular weight is 286 g/mol. The molecule has 0 unspecified atom stereocenters. The van der Waals surface area contributed by atoms with E-state index in [1.54, 1.807) is 11.8 Å². The molecule has 2 aromatic rings. The second kappa shape index (κ2) is 6.48. The van der Waals surface area contributed by atoms with Crippen LogP contribution in [0.4, 0.5) is 11.4 Å². The van der Waals surface area contributed by atoms with E-state index in [1.807, 2.05) is 62.7 Å². The van der Waals surface area contributed by atoms with Crippen LogP contribution in [0.3, 0.4) is 0 Å². The first-order valence-electron chi connectivity index (χ1n) is 6.38. The number of anilines is 2. The topological polar surface area (TPSA) is 41.1 Å². The number of benzene rings is 2. The molecule has 0 aliphatic heterocycles. The fraction of sp³-hybridized carbons (Fsp3) is 0.188. The Labute approximate surface area is 123 Å². The van der Waals surface area contributed by atoms with E-state index < -0.39 is 0 Å². The fourth-order valence-corrected chi connectivity index (χ4v) is 2.58. The zero-order valence-corrected chi connectivity index (χ0v) is 12.7. The van der Waals surface area contributed by atoms with Crippen molar-refractivity contribution in [3.05, 3.63) is 53.6 Å². The van der Waals surface area contributed by atoms with Crippen LogP contribution in [0.1, 0.15) is 15.9 Å². The molecule has 0 aromatic heterocycles. The van der Waals surface area contributed by atoms with E-state index in [-0.39, 0.29) is 5.91 Å². The molecule has 0 aliphatic rings. The van der Waals surface area contributed by atoms with Gasteiger partial charge in [0.1, 0.15) is 0 Å². The Morgan fingerprint density at radius 1 is 1.10 bits per heavy atom. The van der Waals surface area contributed by atoms with E-state index in [4.69, 9.17) is 0 Å². The average Bonchev–Trinajstić information content (AvgIpc) is 2.47. The number of carbonyl (C=O) groups is 1. The van der Waals surface area contributed by atoms with Gasteiger partial charge in [0.25, 0.3) is 5.91 Å². The highest BCUT2D eigenvalue weighted by molar-refractivity contribution is 7.98. The molecule has 4 heteroatoms. The van der Waals surface area contributed by atoms with E-state index in [0.717, 1.165) is 21.8 Å². The predicted molar refractivity (Wildman–Crippen MR) is 86.9 cm³/mol. The molecular weight excluding hydrogens is 268 g/mol. The summed E-state index contributed by atoms with van der Waals surface area (Å²) in [5, 5.41) is 6.06. The van der Waals surface area contributed by atoms with Crippen LogP contribution in [0.5, 0.6) is 0 Å². The zero-order valence-electron chi connectivity index (χ0n) is 11.9. The van der Waals surface area contributed by atoms with Crippen LogP contribution in [0.15, 0.2) is 47.4 Å². The second-order valence-electron chi connectivity index (χ2n) is 4.43. The van der Waals surface area contributed by atoms with Crippen molar-refractivity contribution in [3.8, 4) is 0 Å². The zero-order chi connectivity index (χ0) is 14.5. The normalized spacial score (nSPS) is 10.2. The molecule has 0 spiro atoms. The number of rotatable bonds is 4. The summed E-state index contributed by atoms with van der Waals surface area (Å²) in [4.78, 5) is 13.4. The molecule has 0 aliphatic carbocycles. The van der Waals surface area contributed by atoms with Gasteiger partial charge < -0.3 is 10.6 Å². The first-order valence-corrected chi connectivity index (χ1v) is 7.61. The highest BCUT2D eigenvalue weighted by atomic mass is 32.2. The minimum absolute atomic E-state index is 0.0859. The van der Waals surface area contributed by atoms with E-state index >= 15 is 0 Å². The highest BCUT2D eigenvalue weighted by Crippen LogP contribution is 2.25. The van der Waals surface area contributed by atoms with Gasteiger partial charge in [0.2, 0.25) is 0 Å². The summed E-state index contributed by atoms with van der Waals surface area (Å²) in [6.45, 7) is 1.98. The molecule has 20 heavy (non-hydrogen) atoms. The van der Waals surface area contributed by atoms with Crippen molar-refractivity contribution in [1.29, 1.82) is 0 Å². The lowest BCUT2D eigenvalue weighted by Crippen LogP contribution is -2.12. The van der Waals surface area contributed by atoms with Crippen molar-refractivity contribution in [2.24, 2.45) is 0 Å². The number of carbonyl (C=O) groups excluding carboxylic acids is 1. The summed E-state index contributed by atoms with van der Waals surface area (Å²) in [7, 11) is 1.87. The lowest BCUT2D eigenvalue weighted by atomic mass is 10.1. The SMILES string of the molecule is CNc1ccc(C(=O)Nc2ccccc2SC)cc1C. The Morgan fingerprint density at radius 3 is 2.50 bits per heavy atom. The predicted octanol–water partition coefficient (Wildman–Crippen LogP) is 4.01. The minimum Gasteiger partial charge on any atom is -0.388 e. The Kier molecular flexibility index (Phi) is 4.69. The fourth-order valence-electron chi connectivity index (χ4n) is 2.03.